The third kappa shape index (κ3) is 3.93. The minimum Gasteiger partial charge on any atom is -0.507 e. The van der Waals surface area contributed by atoms with Gasteiger partial charge in [-0.3, -0.25) is 9.69 Å². The highest BCUT2D eigenvalue weighted by atomic mass is 16.3. The highest BCUT2D eigenvalue weighted by Crippen LogP contribution is 2.18. The number of aliphatic hydroxyl groups is 1. The summed E-state index contributed by atoms with van der Waals surface area (Å²) in [4.78, 5) is 14.4. The number of hydrogen-bond donors (Lipinski definition) is 3. The average molecular weight is 326 g/mol. The molecule has 126 valence electrons. The minimum atomic E-state index is -0.628. The minimum absolute atomic E-state index is 0.0500. The number of piperidine rings is 1. The predicted octanol–water partition coefficient (Wildman–Crippen LogP) is 1.76. The molecule has 2 aromatic rings. The van der Waals surface area contributed by atoms with Gasteiger partial charge in [-0.25, -0.2) is 0 Å². The van der Waals surface area contributed by atoms with Crippen molar-refractivity contribution < 1.29 is 15.0 Å². The number of amides is 1. The molecule has 1 saturated heterocycles. The van der Waals surface area contributed by atoms with Gasteiger partial charge in [-0.05, 0) is 24.1 Å². The van der Waals surface area contributed by atoms with Gasteiger partial charge in [0.1, 0.15) is 5.75 Å². The van der Waals surface area contributed by atoms with Crippen LogP contribution in [0.1, 0.15) is 22.3 Å². The number of phenolic OH excluding ortho intramolecular Hbond substituents is 1. The van der Waals surface area contributed by atoms with Crippen LogP contribution >= 0.6 is 0 Å². The molecule has 3 N–H and O–H groups in total. The Morgan fingerprint density at radius 1 is 1.12 bits per heavy atom. The van der Waals surface area contributed by atoms with E-state index in [1.165, 1.54) is 11.6 Å². The summed E-state index contributed by atoms with van der Waals surface area (Å²) in [7, 11) is 0. The maximum Gasteiger partial charge on any atom is 0.255 e. The third-order valence-electron chi connectivity index (χ3n) is 4.38. The molecular weight excluding hydrogens is 304 g/mol. The topological polar surface area (TPSA) is 72.8 Å². The van der Waals surface area contributed by atoms with Crippen LogP contribution in [-0.2, 0) is 6.54 Å². The Morgan fingerprint density at radius 2 is 1.83 bits per heavy atom. The number of likely N-dealkylation sites (tertiary alicyclic amines) is 1. The van der Waals surface area contributed by atoms with E-state index in [0.717, 1.165) is 13.1 Å². The second-order valence-corrected chi connectivity index (χ2v) is 6.17. The number of nitrogens with zero attached hydrogens (tertiary/aromatic N) is 1. The first-order valence-electron chi connectivity index (χ1n) is 8.16. The lowest BCUT2D eigenvalue weighted by atomic mass is 10.0. The number of aromatic hydroxyl groups is 1. The van der Waals surface area contributed by atoms with Crippen LogP contribution in [0, 0.1) is 0 Å². The monoisotopic (exact) mass is 326 g/mol. The molecule has 1 heterocycles. The van der Waals surface area contributed by atoms with Gasteiger partial charge < -0.3 is 15.5 Å². The van der Waals surface area contributed by atoms with Crippen molar-refractivity contribution >= 4 is 5.91 Å². The standard InChI is InChI=1S/C19H22N2O3/c22-17-9-5-4-8-15(17)19(24)20-16-10-11-21(13-18(16)23)12-14-6-2-1-3-7-14/h1-9,16,18,22-23H,10-13H2,(H,20,24)/t16-,18+/m1/s1. The van der Waals surface area contributed by atoms with E-state index in [2.05, 4.69) is 22.3 Å². The SMILES string of the molecule is O=C(N[C@@H]1CCN(Cc2ccccc2)C[C@@H]1O)c1ccccc1O. The largest absolute Gasteiger partial charge is 0.507 e. The summed E-state index contributed by atoms with van der Waals surface area (Å²) in [6, 6.07) is 16.3. The third-order valence-corrected chi connectivity index (χ3v) is 4.38. The Kier molecular flexibility index (Phi) is 5.13. The quantitative estimate of drug-likeness (QED) is 0.800. The van der Waals surface area contributed by atoms with E-state index in [1.54, 1.807) is 18.2 Å². The van der Waals surface area contributed by atoms with Crippen LogP contribution < -0.4 is 5.32 Å². The van der Waals surface area contributed by atoms with Crippen LogP contribution in [0.15, 0.2) is 54.6 Å². The Bertz CT molecular complexity index is 690. The highest BCUT2D eigenvalue weighted by Gasteiger charge is 2.29. The molecule has 5 nitrogen and oxygen atoms in total. The van der Waals surface area contributed by atoms with Crippen molar-refractivity contribution in [3.05, 3.63) is 65.7 Å². The molecule has 0 saturated carbocycles. The summed E-state index contributed by atoms with van der Waals surface area (Å²) in [5.41, 5.74) is 1.44. The highest BCUT2D eigenvalue weighted by molar-refractivity contribution is 5.96. The van der Waals surface area contributed by atoms with Crippen molar-refractivity contribution in [2.24, 2.45) is 0 Å². The molecule has 1 amide bonds. The molecule has 1 fully saturated rings. The smallest absolute Gasteiger partial charge is 0.255 e. The number of benzene rings is 2. The fraction of sp³-hybridized carbons (Fsp3) is 0.316. The van der Waals surface area contributed by atoms with Crippen molar-refractivity contribution in [3.63, 3.8) is 0 Å². The molecule has 0 unspecified atom stereocenters. The van der Waals surface area contributed by atoms with Crippen molar-refractivity contribution in [3.8, 4) is 5.75 Å². The fourth-order valence-corrected chi connectivity index (χ4v) is 3.06. The summed E-state index contributed by atoms with van der Waals surface area (Å²) >= 11 is 0. The van der Waals surface area contributed by atoms with Gasteiger partial charge in [0.25, 0.3) is 5.91 Å². The number of phenols is 1. The number of carbonyl (C=O) groups excluding carboxylic acids is 1. The Balaban J connectivity index is 1.56. The van der Waals surface area contributed by atoms with E-state index in [4.69, 9.17) is 0 Å². The lowest BCUT2D eigenvalue weighted by Crippen LogP contribution is -2.53. The maximum absolute atomic E-state index is 12.3. The van der Waals surface area contributed by atoms with Gasteiger partial charge in [-0.15, -0.1) is 0 Å². The lowest BCUT2D eigenvalue weighted by molar-refractivity contribution is 0.0349. The van der Waals surface area contributed by atoms with Crippen LogP contribution in [0.25, 0.3) is 0 Å². The number of hydrogen-bond acceptors (Lipinski definition) is 4. The molecule has 1 aliphatic heterocycles. The molecule has 0 radical (unpaired) electrons. The van der Waals surface area contributed by atoms with Gasteiger partial charge in [-0.1, -0.05) is 42.5 Å². The second kappa shape index (κ2) is 7.47. The number of β-amino-alcohol motifs (C(OH)–C–C–N with tert-alkyl or cyclic N) is 1. The normalized spacial score (nSPS) is 21.4. The van der Waals surface area contributed by atoms with Crippen LogP contribution in [0.4, 0.5) is 0 Å². The van der Waals surface area contributed by atoms with E-state index >= 15 is 0 Å². The van der Waals surface area contributed by atoms with E-state index in [1.807, 2.05) is 18.2 Å². The summed E-state index contributed by atoms with van der Waals surface area (Å²) in [6.45, 7) is 2.11. The molecule has 0 aliphatic carbocycles. The molecule has 2 atom stereocenters. The lowest BCUT2D eigenvalue weighted by Gasteiger charge is -2.36. The predicted molar refractivity (Wildman–Crippen MR) is 91.7 cm³/mol. The number of nitrogens with one attached hydrogen (secondary N) is 1. The first kappa shape index (κ1) is 16.5. The second-order valence-electron chi connectivity index (χ2n) is 6.17. The zero-order chi connectivity index (χ0) is 16.9. The number of carbonyl (C=O) groups is 1. The fourth-order valence-electron chi connectivity index (χ4n) is 3.06. The molecule has 2 aromatic carbocycles. The van der Waals surface area contributed by atoms with Crippen molar-refractivity contribution in [1.29, 1.82) is 0 Å². The maximum atomic E-state index is 12.3. The zero-order valence-electron chi connectivity index (χ0n) is 13.4. The van der Waals surface area contributed by atoms with Gasteiger partial charge in [0.05, 0.1) is 17.7 Å². The van der Waals surface area contributed by atoms with Crippen molar-refractivity contribution in [2.45, 2.75) is 25.1 Å². The Labute approximate surface area is 141 Å². The van der Waals surface area contributed by atoms with Crippen LogP contribution in [0.3, 0.4) is 0 Å². The zero-order valence-corrected chi connectivity index (χ0v) is 13.4. The van der Waals surface area contributed by atoms with Gasteiger partial charge in [-0.2, -0.15) is 0 Å². The summed E-state index contributed by atoms with van der Waals surface area (Å²) in [5.74, 6) is -0.403. The van der Waals surface area contributed by atoms with E-state index in [9.17, 15) is 15.0 Å². The first-order valence-corrected chi connectivity index (χ1v) is 8.16. The molecule has 0 bridgehead atoms. The van der Waals surface area contributed by atoms with Gasteiger partial charge in [0.15, 0.2) is 0 Å². The number of para-hydroxylation sites is 1. The average Bonchev–Trinajstić information content (AvgIpc) is 2.58. The Morgan fingerprint density at radius 3 is 2.54 bits per heavy atom. The molecule has 24 heavy (non-hydrogen) atoms. The molecule has 0 spiro atoms. The van der Waals surface area contributed by atoms with Gasteiger partial charge in [0.2, 0.25) is 0 Å². The first-order chi connectivity index (χ1) is 11.6. The van der Waals surface area contributed by atoms with E-state index in [-0.39, 0.29) is 23.3 Å². The van der Waals surface area contributed by atoms with Crippen molar-refractivity contribution in [2.75, 3.05) is 13.1 Å². The number of aliphatic hydroxyl groups excluding tert-OH is 1. The summed E-state index contributed by atoms with van der Waals surface area (Å²) < 4.78 is 0. The van der Waals surface area contributed by atoms with Gasteiger partial charge >= 0.3 is 0 Å². The molecular formula is C19H22N2O3. The van der Waals surface area contributed by atoms with Crippen LogP contribution in [0.5, 0.6) is 5.75 Å². The van der Waals surface area contributed by atoms with Gasteiger partial charge in [0, 0.05) is 19.6 Å². The van der Waals surface area contributed by atoms with Crippen LogP contribution in [-0.4, -0.2) is 46.3 Å². The van der Waals surface area contributed by atoms with Crippen molar-refractivity contribution in [1.82, 2.24) is 10.2 Å². The Hall–Kier alpha value is -2.37. The summed E-state index contributed by atoms with van der Waals surface area (Å²) in [6.07, 6.45) is 0.0464. The molecule has 0 aromatic heterocycles. The van der Waals surface area contributed by atoms with E-state index in [0.29, 0.717) is 13.0 Å². The molecule has 1 aliphatic rings. The summed E-state index contributed by atoms with van der Waals surface area (Å²) in [5, 5.41) is 22.9. The molecule has 3 rings (SSSR count). The van der Waals surface area contributed by atoms with Crippen LogP contribution in [0.2, 0.25) is 0 Å². The van der Waals surface area contributed by atoms with E-state index < -0.39 is 6.10 Å². The number of rotatable bonds is 4. The molecule has 5 heteroatoms.